The molecule has 0 aliphatic heterocycles. The third-order valence-electron chi connectivity index (χ3n) is 2.74. The van der Waals surface area contributed by atoms with E-state index >= 15 is 0 Å². The van der Waals surface area contributed by atoms with Gasteiger partial charge in [0.15, 0.2) is 11.6 Å². The van der Waals surface area contributed by atoms with Gasteiger partial charge in [0.25, 0.3) is 0 Å². The molecule has 0 amide bonds. The number of carbonyl (C=O) groups is 1. The molecule has 0 spiro atoms. The molecule has 0 saturated carbocycles. The largest absolute Gasteiger partial charge is 0.494 e. The Kier molecular flexibility index (Phi) is 5.68. The molecule has 0 aliphatic carbocycles. The van der Waals surface area contributed by atoms with E-state index in [0.717, 1.165) is 18.2 Å². The first kappa shape index (κ1) is 17.4. The lowest BCUT2D eigenvalue weighted by Crippen LogP contribution is -2.41. The highest BCUT2D eigenvalue weighted by Gasteiger charge is 2.26. The summed E-state index contributed by atoms with van der Waals surface area (Å²) in [5, 5.41) is 9.07. The molecule has 0 radical (unpaired) electrons. The van der Waals surface area contributed by atoms with E-state index in [2.05, 4.69) is 4.72 Å². The molecule has 0 saturated heterocycles. The second-order valence-electron chi connectivity index (χ2n) is 4.94. The lowest BCUT2D eigenvalue weighted by molar-refractivity contribution is -0.139. The standard InChI is InChI=1S/C13H18FNO5S/c1-8(2)6-11(13(16)17)15-21(18,19)9-4-5-10(14)12(7-9)20-3/h4-5,7-8,11,15H,6H2,1-3H3,(H,16,17)/t11-/m0/s1. The van der Waals surface area contributed by atoms with Crippen LogP contribution in [0.15, 0.2) is 23.1 Å². The van der Waals surface area contributed by atoms with Crippen molar-refractivity contribution in [1.82, 2.24) is 4.72 Å². The summed E-state index contributed by atoms with van der Waals surface area (Å²) in [7, 11) is -2.87. The molecular weight excluding hydrogens is 301 g/mol. The summed E-state index contributed by atoms with van der Waals surface area (Å²) in [6.45, 7) is 3.57. The van der Waals surface area contributed by atoms with Gasteiger partial charge in [-0.15, -0.1) is 0 Å². The number of hydrogen-bond donors (Lipinski definition) is 2. The number of carboxylic acid groups (broad SMARTS) is 1. The number of methoxy groups -OCH3 is 1. The second kappa shape index (κ2) is 6.86. The highest BCUT2D eigenvalue weighted by Crippen LogP contribution is 2.21. The first-order valence-electron chi connectivity index (χ1n) is 6.26. The minimum absolute atomic E-state index is 0.00319. The Hall–Kier alpha value is -1.67. The maximum Gasteiger partial charge on any atom is 0.321 e. The fraction of sp³-hybridized carbons (Fsp3) is 0.462. The summed E-state index contributed by atoms with van der Waals surface area (Å²) >= 11 is 0. The summed E-state index contributed by atoms with van der Waals surface area (Å²) in [5.41, 5.74) is 0. The molecule has 0 bridgehead atoms. The van der Waals surface area contributed by atoms with E-state index < -0.39 is 27.9 Å². The molecule has 1 rings (SSSR count). The summed E-state index contributed by atoms with van der Waals surface area (Å²) in [5.74, 6) is -2.19. The molecule has 0 fully saturated rings. The number of nitrogens with one attached hydrogen (secondary N) is 1. The SMILES string of the molecule is COc1cc(S(=O)(=O)N[C@@H](CC(C)C)C(=O)O)ccc1F. The number of aliphatic carboxylic acids is 1. The zero-order valence-corrected chi connectivity index (χ0v) is 12.8. The van der Waals surface area contributed by atoms with Crippen LogP contribution in [0.25, 0.3) is 0 Å². The lowest BCUT2D eigenvalue weighted by atomic mass is 10.1. The van der Waals surface area contributed by atoms with Gasteiger partial charge in [-0.25, -0.2) is 12.8 Å². The van der Waals surface area contributed by atoms with Crippen molar-refractivity contribution in [3.63, 3.8) is 0 Å². The van der Waals surface area contributed by atoms with E-state index in [-0.39, 0.29) is 23.0 Å². The Morgan fingerprint density at radius 3 is 2.52 bits per heavy atom. The number of carboxylic acids is 1. The average molecular weight is 319 g/mol. The van der Waals surface area contributed by atoms with Gasteiger partial charge in [0.2, 0.25) is 10.0 Å². The van der Waals surface area contributed by atoms with Crippen LogP contribution in [0, 0.1) is 11.7 Å². The molecule has 0 heterocycles. The Morgan fingerprint density at radius 1 is 1.43 bits per heavy atom. The molecule has 0 unspecified atom stereocenters. The minimum atomic E-state index is -4.08. The maximum atomic E-state index is 13.3. The molecule has 2 N–H and O–H groups in total. The van der Waals surface area contributed by atoms with E-state index in [1.165, 1.54) is 7.11 Å². The van der Waals surface area contributed by atoms with Crippen molar-refractivity contribution in [2.24, 2.45) is 5.92 Å². The van der Waals surface area contributed by atoms with Gasteiger partial charge >= 0.3 is 5.97 Å². The van der Waals surface area contributed by atoms with Gasteiger partial charge in [-0.05, 0) is 24.5 Å². The van der Waals surface area contributed by atoms with E-state index in [1.54, 1.807) is 13.8 Å². The van der Waals surface area contributed by atoms with Gasteiger partial charge in [-0.2, -0.15) is 4.72 Å². The molecule has 1 aromatic rings. The lowest BCUT2D eigenvalue weighted by Gasteiger charge is -2.17. The maximum absolute atomic E-state index is 13.3. The quantitative estimate of drug-likeness (QED) is 0.796. The molecule has 1 aromatic carbocycles. The fourth-order valence-corrected chi connectivity index (χ4v) is 2.95. The molecule has 6 nitrogen and oxygen atoms in total. The Morgan fingerprint density at radius 2 is 2.05 bits per heavy atom. The van der Waals surface area contributed by atoms with Gasteiger partial charge in [-0.1, -0.05) is 13.8 Å². The van der Waals surface area contributed by atoms with Crippen LogP contribution in [0.5, 0.6) is 5.75 Å². The van der Waals surface area contributed by atoms with Crippen molar-refractivity contribution in [3.05, 3.63) is 24.0 Å². The molecule has 1 atom stereocenters. The molecule has 8 heteroatoms. The van der Waals surface area contributed by atoms with Crippen LogP contribution in [-0.4, -0.2) is 32.6 Å². The van der Waals surface area contributed by atoms with E-state index in [1.807, 2.05) is 0 Å². The molecule has 0 aromatic heterocycles. The minimum Gasteiger partial charge on any atom is -0.494 e. The topological polar surface area (TPSA) is 92.7 Å². The van der Waals surface area contributed by atoms with Crippen molar-refractivity contribution < 1.29 is 27.4 Å². The van der Waals surface area contributed by atoms with Crippen molar-refractivity contribution in [2.75, 3.05) is 7.11 Å². The smallest absolute Gasteiger partial charge is 0.321 e. The third kappa shape index (κ3) is 4.68. The highest BCUT2D eigenvalue weighted by molar-refractivity contribution is 7.89. The van der Waals surface area contributed by atoms with Crippen molar-refractivity contribution >= 4 is 16.0 Å². The van der Waals surface area contributed by atoms with Crippen LogP contribution in [0.3, 0.4) is 0 Å². The van der Waals surface area contributed by atoms with Gasteiger partial charge in [0.1, 0.15) is 6.04 Å². The van der Waals surface area contributed by atoms with E-state index in [4.69, 9.17) is 9.84 Å². The zero-order chi connectivity index (χ0) is 16.2. The Bertz CT molecular complexity index is 615. The van der Waals surface area contributed by atoms with Gasteiger partial charge in [-0.3, -0.25) is 4.79 Å². The van der Waals surface area contributed by atoms with Crippen LogP contribution >= 0.6 is 0 Å². The van der Waals surface area contributed by atoms with Gasteiger partial charge in [0, 0.05) is 6.07 Å². The number of rotatable bonds is 7. The Balaban J connectivity index is 3.07. The second-order valence-corrected chi connectivity index (χ2v) is 6.65. The normalized spacial score (nSPS) is 13.2. The number of halogens is 1. The van der Waals surface area contributed by atoms with Crippen LogP contribution < -0.4 is 9.46 Å². The summed E-state index contributed by atoms with van der Waals surface area (Å²) < 4.78 is 44.4. The number of ether oxygens (including phenoxy) is 1. The predicted octanol–water partition coefficient (Wildman–Crippen LogP) is 1.61. The number of benzene rings is 1. The van der Waals surface area contributed by atoms with Crippen LogP contribution in [0.4, 0.5) is 4.39 Å². The highest BCUT2D eigenvalue weighted by atomic mass is 32.2. The molecular formula is C13H18FNO5S. The van der Waals surface area contributed by atoms with Gasteiger partial charge in [0.05, 0.1) is 12.0 Å². The number of sulfonamides is 1. The van der Waals surface area contributed by atoms with Gasteiger partial charge < -0.3 is 9.84 Å². The zero-order valence-electron chi connectivity index (χ0n) is 12.0. The fourth-order valence-electron chi connectivity index (χ4n) is 1.73. The molecule has 0 aliphatic rings. The monoisotopic (exact) mass is 319 g/mol. The van der Waals surface area contributed by atoms with Crippen molar-refractivity contribution in [2.45, 2.75) is 31.2 Å². The van der Waals surface area contributed by atoms with Crippen LogP contribution in [0.2, 0.25) is 0 Å². The summed E-state index contributed by atoms with van der Waals surface area (Å²) in [6, 6.07) is 1.76. The van der Waals surface area contributed by atoms with Crippen LogP contribution in [-0.2, 0) is 14.8 Å². The average Bonchev–Trinajstić information content (AvgIpc) is 2.37. The van der Waals surface area contributed by atoms with Crippen LogP contribution in [0.1, 0.15) is 20.3 Å². The molecule has 21 heavy (non-hydrogen) atoms. The van der Waals surface area contributed by atoms with E-state index in [9.17, 15) is 17.6 Å². The van der Waals surface area contributed by atoms with Crippen molar-refractivity contribution in [3.8, 4) is 5.75 Å². The predicted molar refractivity (Wildman–Crippen MR) is 74.2 cm³/mol. The van der Waals surface area contributed by atoms with E-state index in [0.29, 0.717) is 0 Å². The molecule has 118 valence electrons. The number of hydrogen-bond acceptors (Lipinski definition) is 4. The van der Waals surface area contributed by atoms with Crippen molar-refractivity contribution in [1.29, 1.82) is 0 Å². The third-order valence-corrected chi connectivity index (χ3v) is 4.20. The summed E-state index contributed by atoms with van der Waals surface area (Å²) in [6.07, 6.45) is 0.146. The first-order chi connectivity index (χ1) is 9.67. The Labute approximate surface area is 123 Å². The summed E-state index contributed by atoms with van der Waals surface area (Å²) in [4.78, 5) is 10.9. The first-order valence-corrected chi connectivity index (χ1v) is 7.74.